The van der Waals surface area contributed by atoms with Crippen LogP contribution in [0.4, 0.5) is 0 Å². The Hall–Kier alpha value is -1.59. The van der Waals surface area contributed by atoms with Crippen molar-refractivity contribution >= 4 is 17.8 Å². The van der Waals surface area contributed by atoms with Crippen LogP contribution >= 0.6 is 0 Å². The standard InChI is InChI=1S/C11H20N2O4/c1-7(2)11(3,10(16)17)6-9(15)13-5-4-8(12)14/h7H,4-6H2,1-3H3,(H2,12,14)(H,13,15)(H,16,17). The number of amides is 2. The molecule has 0 aliphatic heterocycles. The summed E-state index contributed by atoms with van der Waals surface area (Å²) >= 11 is 0. The van der Waals surface area contributed by atoms with E-state index in [1.807, 2.05) is 0 Å². The lowest BCUT2D eigenvalue weighted by molar-refractivity contribution is -0.153. The van der Waals surface area contributed by atoms with Crippen LogP contribution in [0.2, 0.25) is 0 Å². The molecule has 0 aromatic rings. The van der Waals surface area contributed by atoms with Gasteiger partial charge in [-0.05, 0) is 12.8 Å². The van der Waals surface area contributed by atoms with Crippen molar-refractivity contribution in [2.24, 2.45) is 17.1 Å². The van der Waals surface area contributed by atoms with Gasteiger partial charge >= 0.3 is 5.97 Å². The van der Waals surface area contributed by atoms with Crippen molar-refractivity contribution < 1.29 is 19.5 Å². The molecule has 0 heterocycles. The summed E-state index contributed by atoms with van der Waals surface area (Å²) in [5, 5.41) is 11.6. The van der Waals surface area contributed by atoms with Gasteiger partial charge in [0.25, 0.3) is 0 Å². The Morgan fingerprint density at radius 3 is 2.24 bits per heavy atom. The monoisotopic (exact) mass is 244 g/mol. The predicted octanol–water partition coefficient (Wildman–Crippen LogP) is 0.115. The number of carboxylic acids is 1. The maximum Gasteiger partial charge on any atom is 0.310 e. The molecule has 98 valence electrons. The number of rotatable bonds is 7. The summed E-state index contributed by atoms with van der Waals surface area (Å²) in [6.07, 6.45) is -0.0596. The van der Waals surface area contributed by atoms with Crippen LogP contribution in [0.15, 0.2) is 0 Å². The molecule has 0 aliphatic rings. The molecule has 0 spiro atoms. The van der Waals surface area contributed by atoms with E-state index in [0.717, 1.165) is 0 Å². The van der Waals surface area contributed by atoms with E-state index in [9.17, 15) is 14.4 Å². The molecule has 6 nitrogen and oxygen atoms in total. The van der Waals surface area contributed by atoms with Crippen LogP contribution in [0.5, 0.6) is 0 Å². The molecule has 17 heavy (non-hydrogen) atoms. The quantitative estimate of drug-likeness (QED) is 0.590. The van der Waals surface area contributed by atoms with Gasteiger partial charge in [-0.3, -0.25) is 14.4 Å². The lowest BCUT2D eigenvalue weighted by Gasteiger charge is -2.28. The predicted molar refractivity (Wildman–Crippen MR) is 62.0 cm³/mol. The zero-order valence-electron chi connectivity index (χ0n) is 10.4. The number of carbonyl (C=O) groups excluding carboxylic acids is 2. The Balaban J connectivity index is 4.34. The lowest BCUT2D eigenvalue weighted by atomic mass is 9.76. The third-order valence-electron chi connectivity index (χ3n) is 2.98. The van der Waals surface area contributed by atoms with Gasteiger partial charge in [-0.1, -0.05) is 13.8 Å². The van der Waals surface area contributed by atoms with E-state index in [4.69, 9.17) is 10.8 Å². The van der Waals surface area contributed by atoms with Crippen LogP contribution in [0.25, 0.3) is 0 Å². The number of nitrogens with two attached hydrogens (primary N) is 1. The highest BCUT2D eigenvalue weighted by molar-refractivity contribution is 5.85. The van der Waals surface area contributed by atoms with Gasteiger partial charge in [0, 0.05) is 19.4 Å². The molecule has 0 saturated carbocycles. The largest absolute Gasteiger partial charge is 0.481 e. The van der Waals surface area contributed by atoms with Crippen molar-refractivity contribution in [2.45, 2.75) is 33.6 Å². The molecule has 6 heteroatoms. The fourth-order valence-corrected chi connectivity index (χ4v) is 1.25. The van der Waals surface area contributed by atoms with Gasteiger partial charge in [0.1, 0.15) is 0 Å². The molecule has 0 aliphatic carbocycles. The van der Waals surface area contributed by atoms with E-state index in [1.165, 1.54) is 6.92 Å². The number of nitrogens with one attached hydrogen (secondary N) is 1. The van der Waals surface area contributed by atoms with E-state index in [-0.39, 0.29) is 31.2 Å². The normalized spacial score (nSPS) is 14.1. The molecule has 2 amide bonds. The third kappa shape index (κ3) is 4.84. The van der Waals surface area contributed by atoms with Gasteiger partial charge in [0.15, 0.2) is 0 Å². The Kier molecular flexibility index (Phi) is 5.64. The molecule has 0 saturated heterocycles. The van der Waals surface area contributed by atoms with Crippen molar-refractivity contribution in [1.29, 1.82) is 0 Å². The van der Waals surface area contributed by atoms with Crippen molar-refractivity contribution in [2.75, 3.05) is 6.54 Å². The summed E-state index contributed by atoms with van der Waals surface area (Å²) in [7, 11) is 0. The highest BCUT2D eigenvalue weighted by Crippen LogP contribution is 2.31. The first-order valence-electron chi connectivity index (χ1n) is 5.48. The zero-order valence-corrected chi connectivity index (χ0v) is 10.4. The average molecular weight is 244 g/mol. The molecular weight excluding hydrogens is 224 g/mol. The molecule has 1 unspecified atom stereocenters. The van der Waals surface area contributed by atoms with E-state index in [1.54, 1.807) is 13.8 Å². The number of hydrogen-bond donors (Lipinski definition) is 3. The Labute approximate surface area is 101 Å². The lowest BCUT2D eigenvalue weighted by Crippen LogP contribution is -2.39. The summed E-state index contributed by atoms with van der Waals surface area (Å²) in [6, 6.07) is 0. The summed E-state index contributed by atoms with van der Waals surface area (Å²) < 4.78 is 0. The molecule has 4 N–H and O–H groups in total. The van der Waals surface area contributed by atoms with Crippen LogP contribution in [0.3, 0.4) is 0 Å². The second kappa shape index (κ2) is 6.22. The van der Waals surface area contributed by atoms with E-state index in [0.29, 0.717) is 0 Å². The minimum atomic E-state index is -1.10. The van der Waals surface area contributed by atoms with E-state index >= 15 is 0 Å². The van der Waals surface area contributed by atoms with Crippen molar-refractivity contribution in [3.05, 3.63) is 0 Å². The van der Waals surface area contributed by atoms with Gasteiger partial charge in [0.2, 0.25) is 11.8 Å². The molecule has 0 radical (unpaired) electrons. The molecular formula is C11H20N2O4. The number of hydrogen-bond acceptors (Lipinski definition) is 3. The van der Waals surface area contributed by atoms with Gasteiger partial charge < -0.3 is 16.2 Å². The highest BCUT2D eigenvalue weighted by atomic mass is 16.4. The first-order valence-corrected chi connectivity index (χ1v) is 5.48. The maximum absolute atomic E-state index is 11.5. The van der Waals surface area contributed by atoms with E-state index < -0.39 is 17.3 Å². The van der Waals surface area contributed by atoms with Crippen molar-refractivity contribution in [3.63, 3.8) is 0 Å². The molecule has 0 bridgehead atoms. The van der Waals surface area contributed by atoms with Crippen LogP contribution < -0.4 is 11.1 Å². The fourth-order valence-electron chi connectivity index (χ4n) is 1.25. The van der Waals surface area contributed by atoms with Gasteiger partial charge in [-0.25, -0.2) is 0 Å². The summed E-state index contributed by atoms with van der Waals surface area (Å²) in [5.41, 5.74) is 3.82. The smallest absolute Gasteiger partial charge is 0.310 e. The topological polar surface area (TPSA) is 109 Å². The molecule has 0 rings (SSSR count). The summed E-state index contributed by atoms with van der Waals surface area (Å²) in [5.74, 6) is -2.06. The van der Waals surface area contributed by atoms with E-state index in [2.05, 4.69) is 5.32 Å². The second-order valence-electron chi connectivity index (χ2n) is 4.62. The number of carboxylic acid groups (broad SMARTS) is 1. The van der Waals surface area contributed by atoms with Crippen LogP contribution in [-0.2, 0) is 14.4 Å². The molecule has 0 aromatic carbocycles. The first-order chi connectivity index (χ1) is 7.70. The molecule has 0 fully saturated rings. The minimum Gasteiger partial charge on any atom is -0.481 e. The van der Waals surface area contributed by atoms with Crippen LogP contribution in [0, 0.1) is 11.3 Å². The van der Waals surface area contributed by atoms with Gasteiger partial charge in [0.05, 0.1) is 5.41 Å². The Bertz CT molecular complexity index is 315. The van der Waals surface area contributed by atoms with Gasteiger partial charge in [-0.15, -0.1) is 0 Å². The first kappa shape index (κ1) is 15.4. The maximum atomic E-state index is 11.5. The number of carbonyl (C=O) groups is 3. The summed E-state index contributed by atoms with van der Waals surface area (Å²) in [4.78, 5) is 33.1. The Morgan fingerprint density at radius 2 is 1.88 bits per heavy atom. The van der Waals surface area contributed by atoms with Crippen LogP contribution in [-0.4, -0.2) is 29.4 Å². The zero-order chi connectivity index (χ0) is 13.6. The Morgan fingerprint density at radius 1 is 1.35 bits per heavy atom. The minimum absolute atomic E-state index is 0.0528. The number of aliphatic carboxylic acids is 1. The SMILES string of the molecule is CC(C)C(C)(CC(=O)NCCC(N)=O)C(=O)O. The molecule has 0 aromatic heterocycles. The number of primary amides is 1. The van der Waals surface area contributed by atoms with Gasteiger partial charge in [-0.2, -0.15) is 0 Å². The van der Waals surface area contributed by atoms with Crippen molar-refractivity contribution in [3.8, 4) is 0 Å². The van der Waals surface area contributed by atoms with Crippen molar-refractivity contribution in [1.82, 2.24) is 5.32 Å². The average Bonchev–Trinajstić information content (AvgIpc) is 2.15. The molecule has 1 atom stereocenters. The summed E-state index contributed by atoms with van der Waals surface area (Å²) in [6.45, 7) is 5.19. The third-order valence-corrected chi connectivity index (χ3v) is 2.98. The second-order valence-corrected chi connectivity index (χ2v) is 4.62. The fraction of sp³-hybridized carbons (Fsp3) is 0.727. The highest BCUT2D eigenvalue weighted by Gasteiger charge is 2.38. The van der Waals surface area contributed by atoms with Crippen LogP contribution in [0.1, 0.15) is 33.6 Å².